The van der Waals surface area contributed by atoms with Crippen LogP contribution in [0.1, 0.15) is 43.9 Å². The second-order valence-corrected chi connectivity index (χ2v) is 6.98. The predicted octanol–water partition coefficient (Wildman–Crippen LogP) is 3.34. The summed E-state index contributed by atoms with van der Waals surface area (Å²) in [5.74, 6) is 1.40. The summed E-state index contributed by atoms with van der Waals surface area (Å²) in [6, 6.07) is 4.73. The highest BCUT2D eigenvalue weighted by atomic mass is 127. The lowest BCUT2D eigenvalue weighted by atomic mass is 9.96. The molecule has 2 fully saturated rings. The number of nitrogens with zero attached hydrogens (tertiary/aromatic N) is 1. The minimum absolute atomic E-state index is 0. The quantitative estimate of drug-likeness (QED) is 0.424. The average molecular weight is 435 g/mol. The summed E-state index contributed by atoms with van der Waals surface area (Å²) < 4.78 is 5.90. The third-order valence-electron chi connectivity index (χ3n) is 4.32. The second kappa shape index (κ2) is 8.49. The van der Waals surface area contributed by atoms with Gasteiger partial charge in [0.2, 0.25) is 0 Å². The van der Waals surface area contributed by atoms with Gasteiger partial charge in [-0.25, -0.2) is 0 Å². The van der Waals surface area contributed by atoms with Gasteiger partial charge in [0.15, 0.2) is 5.96 Å². The lowest BCUT2D eigenvalue weighted by Gasteiger charge is -2.23. The molecule has 6 heteroatoms. The number of halogens is 1. The van der Waals surface area contributed by atoms with Gasteiger partial charge in [-0.15, -0.1) is 35.3 Å². The molecular weight excluding hydrogens is 409 g/mol. The fourth-order valence-electron chi connectivity index (χ4n) is 3.18. The molecule has 4 unspecified atom stereocenters. The maximum atomic E-state index is 5.90. The van der Waals surface area contributed by atoms with Crippen LogP contribution in [0.25, 0.3) is 0 Å². The molecule has 4 atom stereocenters. The van der Waals surface area contributed by atoms with Crippen LogP contribution in [-0.4, -0.2) is 37.3 Å². The van der Waals surface area contributed by atoms with E-state index in [1.807, 2.05) is 11.3 Å². The molecule has 124 valence electrons. The molecule has 0 aromatic carbocycles. The molecular formula is C16H26IN3OS. The van der Waals surface area contributed by atoms with Gasteiger partial charge in [0.1, 0.15) is 0 Å². The molecule has 1 aromatic rings. The van der Waals surface area contributed by atoms with Crippen LogP contribution in [0.3, 0.4) is 0 Å². The van der Waals surface area contributed by atoms with Crippen LogP contribution in [0, 0.1) is 0 Å². The van der Waals surface area contributed by atoms with Crippen molar-refractivity contribution in [3.63, 3.8) is 0 Å². The second-order valence-electron chi connectivity index (χ2n) is 6.00. The molecule has 0 spiro atoms. The Kier molecular flexibility index (Phi) is 6.95. The van der Waals surface area contributed by atoms with E-state index in [2.05, 4.69) is 42.0 Å². The van der Waals surface area contributed by atoms with Gasteiger partial charge in [0.25, 0.3) is 0 Å². The van der Waals surface area contributed by atoms with Gasteiger partial charge < -0.3 is 15.4 Å². The average Bonchev–Trinajstić information content (AvgIpc) is 3.21. The topological polar surface area (TPSA) is 45.7 Å². The fraction of sp³-hybridized carbons (Fsp3) is 0.688. The van der Waals surface area contributed by atoms with E-state index >= 15 is 0 Å². The first-order chi connectivity index (χ1) is 10.3. The fourth-order valence-corrected chi connectivity index (χ4v) is 3.95. The van der Waals surface area contributed by atoms with Gasteiger partial charge in [-0.05, 0) is 37.6 Å². The van der Waals surface area contributed by atoms with Gasteiger partial charge in [-0.3, -0.25) is 4.99 Å². The van der Waals surface area contributed by atoms with Gasteiger partial charge >= 0.3 is 0 Å². The largest absolute Gasteiger partial charge is 0.373 e. The van der Waals surface area contributed by atoms with Gasteiger partial charge in [-0.1, -0.05) is 13.0 Å². The molecule has 3 rings (SSSR count). The van der Waals surface area contributed by atoms with Crippen molar-refractivity contribution in [1.29, 1.82) is 0 Å². The molecule has 2 aliphatic heterocycles. The van der Waals surface area contributed by atoms with Crippen molar-refractivity contribution in [2.45, 2.75) is 57.3 Å². The number of hydrogen-bond donors (Lipinski definition) is 2. The zero-order chi connectivity index (χ0) is 14.7. The van der Waals surface area contributed by atoms with Crippen LogP contribution in [0.15, 0.2) is 22.5 Å². The Morgan fingerprint density at radius 2 is 2.36 bits per heavy atom. The number of aliphatic imine (C=N–C) groups is 1. The monoisotopic (exact) mass is 435 g/mol. The first kappa shape index (κ1) is 18.0. The molecule has 0 amide bonds. The summed E-state index contributed by atoms with van der Waals surface area (Å²) in [5.41, 5.74) is 0. The Morgan fingerprint density at radius 3 is 2.95 bits per heavy atom. The third-order valence-corrected chi connectivity index (χ3v) is 5.43. The van der Waals surface area contributed by atoms with E-state index in [9.17, 15) is 0 Å². The minimum Gasteiger partial charge on any atom is -0.373 e. The zero-order valence-corrected chi connectivity index (χ0v) is 16.4. The van der Waals surface area contributed by atoms with Crippen molar-refractivity contribution in [3.8, 4) is 0 Å². The van der Waals surface area contributed by atoms with Crippen LogP contribution < -0.4 is 10.6 Å². The molecule has 2 aliphatic rings. The first-order valence-electron chi connectivity index (χ1n) is 8.00. The van der Waals surface area contributed by atoms with Crippen molar-refractivity contribution < 1.29 is 4.74 Å². The van der Waals surface area contributed by atoms with E-state index in [1.165, 1.54) is 17.7 Å². The van der Waals surface area contributed by atoms with Crippen LogP contribution in [0.2, 0.25) is 0 Å². The highest BCUT2D eigenvalue weighted by Crippen LogP contribution is 2.34. The van der Waals surface area contributed by atoms with Crippen LogP contribution in [-0.2, 0) is 4.74 Å². The van der Waals surface area contributed by atoms with Gasteiger partial charge in [0.05, 0.1) is 24.8 Å². The number of thiophene rings is 1. The molecule has 1 aromatic heterocycles. The Hall–Kier alpha value is -0.340. The molecule has 0 radical (unpaired) electrons. The van der Waals surface area contributed by atoms with E-state index in [-0.39, 0.29) is 24.0 Å². The van der Waals surface area contributed by atoms with E-state index in [0.717, 1.165) is 25.5 Å². The molecule has 22 heavy (non-hydrogen) atoms. The number of rotatable bonds is 5. The summed E-state index contributed by atoms with van der Waals surface area (Å²) in [7, 11) is 0. The van der Waals surface area contributed by atoms with E-state index in [4.69, 9.17) is 9.73 Å². The molecule has 2 N–H and O–H groups in total. The molecule has 3 heterocycles. The first-order valence-corrected chi connectivity index (χ1v) is 8.88. The SMILES string of the molecule is CCNC(=NCC(C)c1cccs1)NC1CC2CCC1O2.I. The highest BCUT2D eigenvalue weighted by Gasteiger charge is 2.41. The van der Waals surface area contributed by atoms with E-state index < -0.39 is 0 Å². The predicted molar refractivity (Wildman–Crippen MR) is 104 cm³/mol. The molecule has 4 nitrogen and oxygen atoms in total. The number of fused-ring (bicyclic) bond motifs is 2. The van der Waals surface area contributed by atoms with E-state index in [0.29, 0.717) is 24.2 Å². The Balaban J connectivity index is 0.00000176. The van der Waals surface area contributed by atoms with E-state index in [1.54, 1.807) is 0 Å². The summed E-state index contributed by atoms with van der Waals surface area (Å²) in [6.07, 6.45) is 4.39. The lowest BCUT2D eigenvalue weighted by molar-refractivity contribution is 0.0992. The van der Waals surface area contributed by atoms with Crippen LogP contribution >= 0.6 is 35.3 Å². The normalized spacial score (nSPS) is 28.3. The maximum Gasteiger partial charge on any atom is 0.191 e. The minimum atomic E-state index is 0. The summed E-state index contributed by atoms with van der Waals surface area (Å²) in [4.78, 5) is 6.16. The number of hydrogen-bond acceptors (Lipinski definition) is 3. The molecule has 2 saturated heterocycles. The summed E-state index contributed by atoms with van der Waals surface area (Å²) in [6.45, 7) is 6.05. The summed E-state index contributed by atoms with van der Waals surface area (Å²) in [5, 5.41) is 9.05. The summed E-state index contributed by atoms with van der Waals surface area (Å²) >= 11 is 1.81. The Morgan fingerprint density at radius 1 is 1.50 bits per heavy atom. The molecule has 0 saturated carbocycles. The van der Waals surface area contributed by atoms with Crippen molar-refractivity contribution >= 4 is 41.3 Å². The lowest BCUT2D eigenvalue weighted by Crippen LogP contribution is -2.47. The number of ether oxygens (including phenoxy) is 1. The zero-order valence-electron chi connectivity index (χ0n) is 13.2. The molecule has 2 bridgehead atoms. The third kappa shape index (κ3) is 4.35. The molecule has 0 aliphatic carbocycles. The van der Waals surface area contributed by atoms with Gasteiger partial charge in [0, 0.05) is 17.3 Å². The van der Waals surface area contributed by atoms with Crippen LogP contribution in [0.4, 0.5) is 0 Å². The van der Waals surface area contributed by atoms with Crippen molar-refractivity contribution in [3.05, 3.63) is 22.4 Å². The van der Waals surface area contributed by atoms with Crippen LogP contribution in [0.5, 0.6) is 0 Å². The smallest absolute Gasteiger partial charge is 0.191 e. The van der Waals surface area contributed by atoms with Crippen molar-refractivity contribution in [2.24, 2.45) is 4.99 Å². The highest BCUT2D eigenvalue weighted by molar-refractivity contribution is 14.0. The Labute approximate surface area is 154 Å². The van der Waals surface area contributed by atoms with Gasteiger partial charge in [-0.2, -0.15) is 0 Å². The standard InChI is InChI=1S/C16H25N3OS.HI/c1-3-17-16(18-10-11(2)15-5-4-8-21-15)19-13-9-12-6-7-14(13)20-12;/h4-5,8,11-14H,3,6-7,9-10H2,1-2H3,(H2,17,18,19);1H. The Bertz CT molecular complexity index is 480. The number of nitrogens with one attached hydrogen (secondary N) is 2. The maximum absolute atomic E-state index is 5.90. The van der Waals surface area contributed by atoms with Crippen molar-refractivity contribution in [2.75, 3.05) is 13.1 Å². The van der Waals surface area contributed by atoms with Crippen molar-refractivity contribution in [1.82, 2.24) is 10.6 Å². The number of guanidine groups is 1.